The first-order valence-electron chi connectivity index (χ1n) is 7.72. The Morgan fingerprint density at radius 3 is 2.58 bits per heavy atom. The molecule has 0 radical (unpaired) electrons. The van der Waals surface area contributed by atoms with Crippen molar-refractivity contribution in [2.45, 2.75) is 25.8 Å². The first-order valence-corrected chi connectivity index (χ1v) is 9.56. The predicted octanol–water partition coefficient (Wildman–Crippen LogP) is 0.605. The normalized spacial score (nSPS) is 16.7. The number of carbonyl (C=O) groups is 2. The van der Waals surface area contributed by atoms with E-state index in [1.54, 1.807) is 32.3 Å². The van der Waals surface area contributed by atoms with Crippen molar-refractivity contribution < 1.29 is 18.0 Å². The van der Waals surface area contributed by atoms with Crippen LogP contribution in [0.25, 0.3) is 0 Å². The van der Waals surface area contributed by atoms with Crippen molar-refractivity contribution in [3.05, 3.63) is 29.3 Å². The summed E-state index contributed by atoms with van der Waals surface area (Å²) in [5.74, 6) is -0.323. The van der Waals surface area contributed by atoms with Gasteiger partial charge in [-0.25, -0.2) is 8.42 Å². The molecule has 0 saturated heterocycles. The highest BCUT2D eigenvalue weighted by Crippen LogP contribution is 2.34. The molecular weight excluding hydrogens is 330 g/mol. The van der Waals surface area contributed by atoms with Gasteiger partial charge in [-0.15, -0.1) is 0 Å². The molecule has 0 bridgehead atoms. The number of anilines is 1. The van der Waals surface area contributed by atoms with Crippen molar-refractivity contribution >= 4 is 27.5 Å². The van der Waals surface area contributed by atoms with Gasteiger partial charge in [0, 0.05) is 38.7 Å². The molecule has 7 nitrogen and oxygen atoms in total. The number of nitrogens with one attached hydrogen (secondary N) is 1. The average molecular weight is 353 g/mol. The highest BCUT2D eigenvalue weighted by Gasteiger charge is 2.32. The van der Waals surface area contributed by atoms with Crippen molar-refractivity contribution in [3.8, 4) is 0 Å². The van der Waals surface area contributed by atoms with Crippen LogP contribution in [0, 0.1) is 0 Å². The maximum absolute atomic E-state index is 12.2. The van der Waals surface area contributed by atoms with Gasteiger partial charge >= 0.3 is 0 Å². The lowest BCUT2D eigenvalue weighted by Crippen LogP contribution is -2.34. The van der Waals surface area contributed by atoms with Crippen molar-refractivity contribution in [2.24, 2.45) is 0 Å². The van der Waals surface area contributed by atoms with Crippen LogP contribution in [0.5, 0.6) is 0 Å². The van der Waals surface area contributed by atoms with Crippen LogP contribution in [0.15, 0.2) is 18.2 Å². The zero-order valence-corrected chi connectivity index (χ0v) is 15.2. The summed E-state index contributed by atoms with van der Waals surface area (Å²) in [5.41, 5.74) is 1.93. The lowest BCUT2D eigenvalue weighted by atomic mass is 10.1. The molecule has 0 spiro atoms. The smallest absolute Gasteiger partial charge is 0.251 e. The Kier molecular flexibility index (Phi) is 5.17. The highest BCUT2D eigenvalue weighted by atomic mass is 32.2. The molecule has 1 N–H and O–H groups in total. The van der Waals surface area contributed by atoms with Gasteiger partial charge in [0.05, 0.1) is 11.9 Å². The summed E-state index contributed by atoms with van der Waals surface area (Å²) >= 11 is 0. The monoisotopic (exact) mass is 353 g/mol. The summed E-state index contributed by atoms with van der Waals surface area (Å²) < 4.78 is 25.2. The van der Waals surface area contributed by atoms with E-state index in [4.69, 9.17) is 0 Å². The summed E-state index contributed by atoms with van der Waals surface area (Å²) in [6.07, 6.45) is 1.99. The van der Waals surface area contributed by atoms with E-state index in [0.29, 0.717) is 17.7 Å². The molecular formula is C16H23N3O4S. The van der Waals surface area contributed by atoms with Gasteiger partial charge in [-0.05, 0) is 37.1 Å². The predicted molar refractivity (Wildman–Crippen MR) is 92.6 cm³/mol. The third kappa shape index (κ3) is 3.87. The van der Waals surface area contributed by atoms with Crippen LogP contribution in [-0.4, -0.2) is 58.1 Å². The minimum Gasteiger partial charge on any atom is -0.352 e. The Labute approximate surface area is 142 Å². The number of carbonyl (C=O) groups excluding carboxylic acids is 2. The van der Waals surface area contributed by atoms with Gasteiger partial charge in [0.1, 0.15) is 0 Å². The van der Waals surface area contributed by atoms with Crippen molar-refractivity contribution in [1.29, 1.82) is 0 Å². The van der Waals surface area contributed by atoms with E-state index < -0.39 is 10.0 Å². The van der Waals surface area contributed by atoms with E-state index in [9.17, 15) is 18.0 Å². The number of benzene rings is 1. The number of fused-ring (bicyclic) bond motifs is 1. The zero-order valence-electron chi connectivity index (χ0n) is 14.4. The van der Waals surface area contributed by atoms with Gasteiger partial charge in [-0.2, -0.15) is 0 Å². The molecule has 0 fully saturated rings. The molecule has 0 aromatic heterocycles. The van der Waals surface area contributed by atoms with E-state index in [1.165, 1.54) is 15.5 Å². The zero-order chi connectivity index (χ0) is 18.1. The highest BCUT2D eigenvalue weighted by molar-refractivity contribution is 7.92. The lowest BCUT2D eigenvalue weighted by Gasteiger charge is -2.21. The molecule has 0 aliphatic carbocycles. The Bertz CT molecular complexity index is 759. The van der Waals surface area contributed by atoms with E-state index in [2.05, 4.69) is 5.32 Å². The SMILES string of the molecule is CC1Cc2cc(C(=O)NCCC(=O)N(C)C)ccc2N1S(C)(=O)=O. The second kappa shape index (κ2) is 6.80. The molecule has 0 saturated carbocycles. The number of sulfonamides is 1. The summed E-state index contributed by atoms with van der Waals surface area (Å²) in [5, 5.41) is 2.71. The molecule has 1 aliphatic heterocycles. The van der Waals surface area contributed by atoms with Crippen molar-refractivity contribution in [3.63, 3.8) is 0 Å². The first-order chi connectivity index (χ1) is 11.1. The molecule has 2 amide bonds. The second-order valence-corrected chi connectivity index (χ2v) is 8.11. The van der Waals surface area contributed by atoms with E-state index in [0.717, 1.165) is 5.56 Å². The van der Waals surface area contributed by atoms with Crippen LogP contribution in [0.1, 0.15) is 29.3 Å². The minimum absolute atomic E-state index is 0.0538. The van der Waals surface area contributed by atoms with E-state index in [1.807, 2.05) is 6.92 Å². The maximum Gasteiger partial charge on any atom is 0.251 e. The van der Waals surface area contributed by atoms with Crippen molar-refractivity contribution in [1.82, 2.24) is 10.2 Å². The second-order valence-electron chi connectivity index (χ2n) is 6.25. The lowest BCUT2D eigenvalue weighted by molar-refractivity contribution is -0.128. The fourth-order valence-corrected chi connectivity index (χ4v) is 4.12. The van der Waals surface area contributed by atoms with Gasteiger partial charge in [-0.3, -0.25) is 13.9 Å². The largest absolute Gasteiger partial charge is 0.352 e. The van der Waals surface area contributed by atoms with Crippen LogP contribution in [0.4, 0.5) is 5.69 Å². The topological polar surface area (TPSA) is 86.8 Å². The molecule has 1 atom stereocenters. The molecule has 1 aliphatic rings. The molecule has 1 aromatic rings. The number of hydrogen-bond donors (Lipinski definition) is 1. The maximum atomic E-state index is 12.2. The van der Waals surface area contributed by atoms with Crippen LogP contribution < -0.4 is 9.62 Å². The molecule has 8 heteroatoms. The van der Waals surface area contributed by atoms with E-state index >= 15 is 0 Å². The third-order valence-corrected chi connectivity index (χ3v) is 5.25. The molecule has 1 unspecified atom stereocenters. The fraction of sp³-hybridized carbons (Fsp3) is 0.500. The Balaban J connectivity index is 2.09. The fourth-order valence-electron chi connectivity index (χ4n) is 2.86. The average Bonchev–Trinajstić information content (AvgIpc) is 2.81. The Morgan fingerprint density at radius 2 is 2.00 bits per heavy atom. The molecule has 1 heterocycles. The standard InChI is InChI=1S/C16H23N3O4S/c1-11-9-13-10-12(5-6-14(13)19(11)24(4,22)23)16(21)17-8-7-15(20)18(2)3/h5-6,10-11H,7-9H2,1-4H3,(H,17,21). The van der Waals surface area contributed by atoms with Gasteiger partial charge in [0.15, 0.2) is 0 Å². The minimum atomic E-state index is -3.34. The Hall–Kier alpha value is -2.09. The van der Waals surface area contributed by atoms with Crippen LogP contribution in [-0.2, 0) is 21.2 Å². The van der Waals surface area contributed by atoms with Crippen LogP contribution in [0.3, 0.4) is 0 Å². The first kappa shape index (κ1) is 18.3. The number of hydrogen-bond acceptors (Lipinski definition) is 4. The Morgan fingerprint density at radius 1 is 1.33 bits per heavy atom. The molecule has 2 rings (SSSR count). The van der Waals surface area contributed by atoms with Crippen molar-refractivity contribution in [2.75, 3.05) is 31.2 Å². The third-order valence-electron chi connectivity index (χ3n) is 3.98. The van der Waals surface area contributed by atoms with Gasteiger partial charge < -0.3 is 10.2 Å². The molecule has 132 valence electrons. The quantitative estimate of drug-likeness (QED) is 0.840. The summed E-state index contributed by atoms with van der Waals surface area (Å²) in [6.45, 7) is 2.10. The van der Waals surface area contributed by atoms with Gasteiger partial charge in [-0.1, -0.05) is 0 Å². The summed E-state index contributed by atoms with van der Waals surface area (Å²) in [4.78, 5) is 25.2. The molecule has 24 heavy (non-hydrogen) atoms. The van der Waals surface area contributed by atoms with Crippen LogP contribution in [0.2, 0.25) is 0 Å². The molecule has 1 aromatic carbocycles. The van der Waals surface area contributed by atoms with E-state index in [-0.39, 0.29) is 30.8 Å². The number of amides is 2. The summed E-state index contributed by atoms with van der Waals surface area (Å²) in [7, 11) is -0.00742. The number of rotatable bonds is 5. The van der Waals surface area contributed by atoms with Gasteiger partial charge in [0.2, 0.25) is 15.9 Å². The number of nitrogens with zero attached hydrogens (tertiary/aromatic N) is 2. The van der Waals surface area contributed by atoms with Crippen LogP contribution >= 0.6 is 0 Å². The van der Waals surface area contributed by atoms with Gasteiger partial charge in [0.25, 0.3) is 5.91 Å². The summed E-state index contributed by atoms with van der Waals surface area (Å²) in [6, 6.07) is 4.84.